The lowest BCUT2D eigenvalue weighted by atomic mass is 10.2. The van der Waals surface area contributed by atoms with Crippen molar-refractivity contribution in [2.45, 2.75) is 26.3 Å². The smallest absolute Gasteiger partial charge is 0.241 e. The minimum Gasteiger partial charge on any atom is -0.372 e. The highest BCUT2D eigenvalue weighted by Crippen LogP contribution is 2.21. The van der Waals surface area contributed by atoms with Gasteiger partial charge in [-0.3, -0.25) is 9.10 Å². The SMILES string of the molecule is Cc1cccc(N(CC(=O)NCc2ccc(N3CCCC3)cc2)S(C)(=O)=O)c1. The fraction of sp³-hybridized carbons (Fsp3) is 0.381. The van der Waals surface area contributed by atoms with Crippen LogP contribution in [-0.4, -0.2) is 40.2 Å². The average Bonchev–Trinajstić information content (AvgIpc) is 3.18. The molecule has 28 heavy (non-hydrogen) atoms. The first-order chi connectivity index (χ1) is 13.3. The highest BCUT2D eigenvalue weighted by Gasteiger charge is 2.20. The molecule has 1 amide bonds. The highest BCUT2D eigenvalue weighted by atomic mass is 32.2. The predicted molar refractivity (Wildman–Crippen MR) is 113 cm³/mol. The van der Waals surface area contributed by atoms with Crippen molar-refractivity contribution in [1.29, 1.82) is 0 Å². The van der Waals surface area contributed by atoms with Gasteiger partial charge >= 0.3 is 0 Å². The summed E-state index contributed by atoms with van der Waals surface area (Å²) in [5.74, 6) is -0.337. The Bertz CT molecular complexity index is 920. The molecule has 0 spiro atoms. The Hall–Kier alpha value is -2.54. The van der Waals surface area contributed by atoms with Crippen LogP contribution in [0.4, 0.5) is 11.4 Å². The number of anilines is 2. The summed E-state index contributed by atoms with van der Waals surface area (Å²) in [6, 6.07) is 15.3. The van der Waals surface area contributed by atoms with E-state index in [2.05, 4.69) is 22.3 Å². The molecule has 3 rings (SSSR count). The van der Waals surface area contributed by atoms with E-state index >= 15 is 0 Å². The molecule has 7 heteroatoms. The number of aryl methyl sites for hydroxylation is 1. The molecule has 1 saturated heterocycles. The first-order valence-electron chi connectivity index (χ1n) is 9.48. The lowest BCUT2D eigenvalue weighted by molar-refractivity contribution is -0.119. The number of amides is 1. The van der Waals surface area contributed by atoms with E-state index in [9.17, 15) is 13.2 Å². The molecular formula is C21H27N3O3S. The Kier molecular flexibility index (Phi) is 6.24. The zero-order valence-corrected chi connectivity index (χ0v) is 17.2. The fourth-order valence-electron chi connectivity index (χ4n) is 3.37. The number of hydrogen-bond donors (Lipinski definition) is 1. The molecule has 2 aromatic carbocycles. The van der Waals surface area contributed by atoms with Crippen LogP contribution in [0, 0.1) is 6.92 Å². The maximum absolute atomic E-state index is 12.4. The van der Waals surface area contributed by atoms with E-state index in [0.717, 1.165) is 34.8 Å². The lowest BCUT2D eigenvalue weighted by Crippen LogP contribution is -2.40. The van der Waals surface area contributed by atoms with Crippen LogP contribution < -0.4 is 14.5 Å². The highest BCUT2D eigenvalue weighted by molar-refractivity contribution is 7.92. The van der Waals surface area contributed by atoms with Crippen molar-refractivity contribution in [3.63, 3.8) is 0 Å². The van der Waals surface area contributed by atoms with Crippen LogP contribution in [0.2, 0.25) is 0 Å². The number of nitrogens with zero attached hydrogens (tertiary/aromatic N) is 2. The Morgan fingerprint density at radius 2 is 1.79 bits per heavy atom. The molecule has 2 aromatic rings. The van der Waals surface area contributed by atoms with E-state index in [-0.39, 0.29) is 12.5 Å². The Balaban J connectivity index is 1.60. The summed E-state index contributed by atoms with van der Waals surface area (Å²) in [7, 11) is -3.56. The van der Waals surface area contributed by atoms with Crippen LogP contribution in [0.3, 0.4) is 0 Å². The van der Waals surface area contributed by atoms with Gasteiger partial charge in [-0.2, -0.15) is 0 Å². The van der Waals surface area contributed by atoms with Crippen LogP contribution in [0.15, 0.2) is 48.5 Å². The number of hydrogen-bond acceptors (Lipinski definition) is 4. The third kappa shape index (κ3) is 5.25. The minimum absolute atomic E-state index is 0.242. The van der Waals surface area contributed by atoms with E-state index < -0.39 is 10.0 Å². The van der Waals surface area contributed by atoms with Gasteiger partial charge in [-0.1, -0.05) is 24.3 Å². The van der Waals surface area contributed by atoms with Crippen molar-refractivity contribution in [1.82, 2.24) is 5.32 Å². The first kappa shape index (κ1) is 20.2. The van der Waals surface area contributed by atoms with Crippen LogP contribution in [0.1, 0.15) is 24.0 Å². The van der Waals surface area contributed by atoms with Gasteiger partial charge < -0.3 is 10.2 Å². The van der Waals surface area contributed by atoms with Crippen LogP contribution in [-0.2, 0) is 21.4 Å². The van der Waals surface area contributed by atoms with Gasteiger partial charge in [-0.25, -0.2) is 8.42 Å². The Morgan fingerprint density at radius 1 is 1.11 bits per heavy atom. The van der Waals surface area contributed by atoms with Crippen molar-refractivity contribution >= 4 is 27.3 Å². The molecule has 1 N–H and O–H groups in total. The summed E-state index contributed by atoms with van der Waals surface area (Å²) in [4.78, 5) is 14.7. The maximum atomic E-state index is 12.4. The predicted octanol–water partition coefficient (Wildman–Crippen LogP) is 2.68. The molecular weight excluding hydrogens is 374 g/mol. The summed E-state index contributed by atoms with van der Waals surface area (Å²) >= 11 is 0. The zero-order valence-electron chi connectivity index (χ0n) is 16.4. The number of sulfonamides is 1. The maximum Gasteiger partial charge on any atom is 0.241 e. The molecule has 1 aliphatic heterocycles. The Morgan fingerprint density at radius 3 is 2.39 bits per heavy atom. The second kappa shape index (κ2) is 8.65. The van der Waals surface area contributed by atoms with Crippen molar-refractivity contribution in [3.05, 3.63) is 59.7 Å². The van der Waals surface area contributed by atoms with Crippen molar-refractivity contribution < 1.29 is 13.2 Å². The molecule has 0 bridgehead atoms. The third-order valence-electron chi connectivity index (χ3n) is 4.87. The van der Waals surface area contributed by atoms with Crippen LogP contribution in [0.25, 0.3) is 0 Å². The number of carbonyl (C=O) groups is 1. The van der Waals surface area contributed by atoms with Crippen LogP contribution in [0.5, 0.6) is 0 Å². The third-order valence-corrected chi connectivity index (χ3v) is 6.01. The normalized spacial score (nSPS) is 14.1. The summed E-state index contributed by atoms with van der Waals surface area (Å²) in [5, 5.41) is 2.82. The van der Waals surface area contributed by atoms with Gasteiger partial charge in [0.05, 0.1) is 11.9 Å². The second-order valence-electron chi connectivity index (χ2n) is 7.25. The number of rotatable bonds is 7. The Labute approximate surface area is 167 Å². The number of nitrogens with one attached hydrogen (secondary N) is 1. The van der Waals surface area contributed by atoms with Crippen molar-refractivity contribution in [2.24, 2.45) is 0 Å². The van der Waals surface area contributed by atoms with E-state index in [1.165, 1.54) is 18.5 Å². The van der Waals surface area contributed by atoms with Crippen molar-refractivity contribution in [2.75, 3.05) is 35.1 Å². The van der Waals surface area contributed by atoms with Gasteiger partial charge in [0.2, 0.25) is 15.9 Å². The molecule has 0 atom stereocenters. The summed E-state index contributed by atoms with van der Waals surface area (Å²) in [6.45, 7) is 4.20. The van der Waals surface area contributed by atoms with E-state index in [0.29, 0.717) is 12.2 Å². The molecule has 0 unspecified atom stereocenters. The van der Waals surface area contributed by atoms with Gasteiger partial charge in [0.15, 0.2) is 0 Å². The van der Waals surface area contributed by atoms with Gasteiger partial charge in [-0.05, 0) is 55.2 Å². The molecule has 0 saturated carbocycles. The summed E-state index contributed by atoms with van der Waals surface area (Å²) < 4.78 is 25.4. The molecule has 1 aliphatic rings. The minimum atomic E-state index is -3.56. The van der Waals surface area contributed by atoms with E-state index in [4.69, 9.17) is 0 Å². The van der Waals surface area contributed by atoms with Gasteiger partial charge in [-0.15, -0.1) is 0 Å². The molecule has 6 nitrogen and oxygen atoms in total. The van der Waals surface area contributed by atoms with E-state index in [1.54, 1.807) is 18.2 Å². The molecule has 150 valence electrons. The molecule has 0 aliphatic carbocycles. The number of carbonyl (C=O) groups excluding carboxylic acids is 1. The van der Waals surface area contributed by atoms with E-state index in [1.807, 2.05) is 25.1 Å². The molecule has 1 heterocycles. The summed E-state index contributed by atoms with van der Waals surface area (Å²) in [5.41, 5.74) is 3.62. The molecule has 0 aromatic heterocycles. The van der Waals surface area contributed by atoms with Gasteiger partial charge in [0, 0.05) is 25.3 Å². The number of benzene rings is 2. The van der Waals surface area contributed by atoms with Gasteiger partial charge in [0.1, 0.15) is 6.54 Å². The standard InChI is InChI=1S/C21H27N3O3S/c1-17-6-5-7-20(14-17)24(28(2,26)27)16-21(25)22-15-18-8-10-19(11-9-18)23-12-3-4-13-23/h5-11,14H,3-4,12-13,15-16H2,1-2H3,(H,22,25). The largest absolute Gasteiger partial charge is 0.372 e. The molecule has 0 radical (unpaired) electrons. The summed E-state index contributed by atoms with van der Waals surface area (Å²) in [6.07, 6.45) is 3.57. The molecule has 1 fully saturated rings. The monoisotopic (exact) mass is 401 g/mol. The van der Waals surface area contributed by atoms with Crippen LogP contribution >= 0.6 is 0 Å². The quantitative estimate of drug-likeness (QED) is 0.774. The lowest BCUT2D eigenvalue weighted by Gasteiger charge is -2.22. The topological polar surface area (TPSA) is 69.7 Å². The van der Waals surface area contributed by atoms with Gasteiger partial charge in [0.25, 0.3) is 0 Å². The average molecular weight is 402 g/mol. The zero-order chi connectivity index (χ0) is 20.1. The first-order valence-corrected chi connectivity index (χ1v) is 11.3. The van der Waals surface area contributed by atoms with Crippen molar-refractivity contribution in [3.8, 4) is 0 Å². The second-order valence-corrected chi connectivity index (χ2v) is 9.15. The fourth-order valence-corrected chi connectivity index (χ4v) is 4.22.